The summed E-state index contributed by atoms with van der Waals surface area (Å²) in [5, 5.41) is 11.3. The molecule has 0 aliphatic heterocycles. The second-order valence-corrected chi connectivity index (χ2v) is 5.05. The van der Waals surface area contributed by atoms with Crippen molar-refractivity contribution in [2.45, 2.75) is 39.3 Å². The molecule has 0 aliphatic rings. The molecule has 1 amide bonds. The molecule has 0 aromatic carbocycles. The molecular formula is C13H19NO4. The van der Waals surface area contributed by atoms with E-state index in [1.807, 2.05) is 0 Å². The van der Waals surface area contributed by atoms with Gasteiger partial charge in [-0.3, -0.25) is 0 Å². The molecule has 2 N–H and O–H groups in total. The first kappa shape index (κ1) is 16.0. The molecule has 0 saturated heterocycles. The van der Waals surface area contributed by atoms with E-state index in [1.54, 1.807) is 20.8 Å². The van der Waals surface area contributed by atoms with Crippen LogP contribution in [0, 0.1) is 17.8 Å². The van der Waals surface area contributed by atoms with Gasteiger partial charge in [0, 0.05) is 0 Å². The van der Waals surface area contributed by atoms with E-state index < -0.39 is 29.1 Å². The lowest BCUT2D eigenvalue weighted by atomic mass is 9.83. The molecule has 0 aliphatic carbocycles. The van der Waals surface area contributed by atoms with Crippen molar-refractivity contribution in [1.29, 1.82) is 0 Å². The summed E-state index contributed by atoms with van der Waals surface area (Å²) in [5.41, 5.74) is -1.91. The molecule has 0 aromatic heterocycles. The molecule has 0 radical (unpaired) electrons. The first-order valence-electron chi connectivity index (χ1n) is 5.39. The van der Waals surface area contributed by atoms with E-state index in [1.165, 1.54) is 13.0 Å². The van der Waals surface area contributed by atoms with Gasteiger partial charge in [0.1, 0.15) is 11.6 Å². The summed E-state index contributed by atoms with van der Waals surface area (Å²) >= 11 is 0. The van der Waals surface area contributed by atoms with Crippen LogP contribution < -0.4 is 5.32 Å². The average molecular weight is 253 g/mol. The van der Waals surface area contributed by atoms with Gasteiger partial charge in [-0.25, -0.2) is 9.59 Å². The van der Waals surface area contributed by atoms with Crippen LogP contribution in [0.15, 0.2) is 12.7 Å². The smallest absolute Gasteiger partial charge is 0.408 e. The van der Waals surface area contributed by atoms with Crippen molar-refractivity contribution in [2.75, 3.05) is 0 Å². The van der Waals surface area contributed by atoms with Crippen LogP contribution in [0.25, 0.3) is 0 Å². The second kappa shape index (κ2) is 5.58. The summed E-state index contributed by atoms with van der Waals surface area (Å²) in [4.78, 5) is 22.7. The monoisotopic (exact) mass is 253 g/mol. The summed E-state index contributed by atoms with van der Waals surface area (Å²) in [6.45, 7) is 10.0. The van der Waals surface area contributed by atoms with Crippen molar-refractivity contribution in [3.8, 4) is 12.3 Å². The van der Waals surface area contributed by atoms with Gasteiger partial charge < -0.3 is 15.2 Å². The number of hydrogen-bond donors (Lipinski definition) is 2. The fourth-order valence-electron chi connectivity index (χ4n) is 1.15. The highest BCUT2D eigenvalue weighted by molar-refractivity contribution is 5.82. The predicted octanol–water partition coefficient (Wildman–Crippen LogP) is 1.79. The predicted molar refractivity (Wildman–Crippen MR) is 67.9 cm³/mol. The Kier molecular flexibility index (Phi) is 4.98. The molecule has 0 fully saturated rings. The quantitative estimate of drug-likeness (QED) is 0.591. The van der Waals surface area contributed by atoms with Crippen molar-refractivity contribution in [3.05, 3.63) is 12.7 Å². The SMILES string of the molecule is C#C[C@](C)(C=C)[C@H](NC(=O)OC(C)(C)C)C(=O)O. The first-order valence-corrected chi connectivity index (χ1v) is 5.39. The van der Waals surface area contributed by atoms with Gasteiger partial charge in [-0.2, -0.15) is 0 Å². The van der Waals surface area contributed by atoms with E-state index >= 15 is 0 Å². The number of alkyl carbamates (subject to hydrolysis) is 1. The zero-order chi connectivity index (χ0) is 14.6. The summed E-state index contributed by atoms with van der Waals surface area (Å²) < 4.78 is 4.99. The maximum atomic E-state index is 11.6. The van der Waals surface area contributed by atoms with Gasteiger partial charge in [-0.15, -0.1) is 13.0 Å². The molecule has 0 spiro atoms. The molecule has 2 atom stereocenters. The minimum atomic E-state index is -1.30. The number of terminal acetylenes is 1. The average Bonchev–Trinajstić information content (AvgIpc) is 2.22. The van der Waals surface area contributed by atoms with Crippen molar-refractivity contribution in [1.82, 2.24) is 5.32 Å². The fraction of sp³-hybridized carbons (Fsp3) is 0.538. The summed E-state index contributed by atoms with van der Waals surface area (Å²) in [5.74, 6) is 1.06. The molecule has 0 saturated carbocycles. The Morgan fingerprint density at radius 3 is 2.22 bits per heavy atom. The molecule has 100 valence electrons. The topological polar surface area (TPSA) is 75.6 Å². The molecule has 0 aromatic rings. The van der Waals surface area contributed by atoms with E-state index in [2.05, 4.69) is 17.8 Å². The van der Waals surface area contributed by atoms with Gasteiger partial charge in [0.05, 0.1) is 5.41 Å². The summed E-state index contributed by atoms with van der Waals surface area (Å²) in [6.07, 6.45) is 5.76. The van der Waals surface area contributed by atoms with Crippen LogP contribution in [0.1, 0.15) is 27.7 Å². The molecule has 0 bridgehead atoms. The van der Waals surface area contributed by atoms with E-state index in [4.69, 9.17) is 16.3 Å². The Morgan fingerprint density at radius 2 is 1.94 bits per heavy atom. The summed E-state index contributed by atoms with van der Waals surface area (Å²) in [6, 6.07) is -1.30. The number of carboxylic acids is 1. The lowest BCUT2D eigenvalue weighted by Gasteiger charge is -2.29. The van der Waals surface area contributed by atoms with Crippen LogP contribution in [-0.2, 0) is 9.53 Å². The highest BCUT2D eigenvalue weighted by atomic mass is 16.6. The molecule has 0 unspecified atom stereocenters. The molecule has 0 heterocycles. The zero-order valence-corrected chi connectivity index (χ0v) is 11.1. The Labute approximate surface area is 107 Å². The van der Waals surface area contributed by atoms with Crippen molar-refractivity contribution in [3.63, 3.8) is 0 Å². The largest absolute Gasteiger partial charge is 0.480 e. The highest BCUT2D eigenvalue weighted by Gasteiger charge is 2.37. The van der Waals surface area contributed by atoms with Gasteiger partial charge >= 0.3 is 12.1 Å². The number of amides is 1. The van der Waals surface area contributed by atoms with Crippen LogP contribution >= 0.6 is 0 Å². The third kappa shape index (κ3) is 4.50. The third-order valence-electron chi connectivity index (χ3n) is 2.24. The lowest BCUT2D eigenvalue weighted by Crippen LogP contribution is -2.51. The maximum Gasteiger partial charge on any atom is 0.408 e. The number of nitrogens with one attached hydrogen (secondary N) is 1. The molecular weight excluding hydrogens is 234 g/mol. The van der Waals surface area contributed by atoms with Crippen LogP contribution in [-0.4, -0.2) is 28.8 Å². The van der Waals surface area contributed by atoms with Crippen LogP contribution in [0.3, 0.4) is 0 Å². The van der Waals surface area contributed by atoms with Gasteiger partial charge in [0.15, 0.2) is 0 Å². The fourth-order valence-corrected chi connectivity index (χ4v) is 1.15. The van der Waals surface area contributed by atoms with Gasteiger partial charge in [0.25, 0.3) is 0 Å². The maximum absolute atomic E-state index is 11.6. The minimum absolute atomic E-state index is 0.714. The molecule has 5 heteroatoms. The molecule has 18 heavy (non-hydrogen) atoms. The minimum Gasteiger partial charge on any atom is -0.480 e. The number of carbonyl (C=O) groups is 2. The van der Waals surface area contributed by atoms with E-state index in [0.717, 1.165) is 0 Å². The number of aliphatic carboxylic acids is 1. The van der Waals surface area contributed by atoms with Crippen molar-refractivity contribution < 1.29 is 19.4 Å². The van der Waals surface area contributed by atoms with Gasteiger partial charge in [-0.1, -0.05) is 12.0 Å². The lowest BCUT2D eigenvalue weighted by molar-refractivity contribution is -0.141. The number of ether oxygens (including phenoxy) is 1. The van der Waals surface area contributed by atoms with Gasteiger partial charge in [-0.05, 0) is 27.7 Å². The van der Waals surface area contributed by atoms with Crippen LogP contribution in [0.5, 0.6) is 0 Å². The number of rotatable bonds is 4. The number of hydrogen-bond acceptors (Lipinski definition) is 3. The number of carbonyl (C=O) groups excluding carboxylic acids is 1. The number of carboxylic acid groups (broad SMARTS) is 1. The van der Waals surface area contributed by atoms with Crippen LogP contribution in [0.4, 0.5) is 4.79 Å². The standard InChI is InChI=1S/C13H19NO4/c1-7-13(6,8-2)9(10(15)16)14-11(17)18-12(3,4)5/h1,8-9H,2H2,3-6H3,(H,14,17)(H,15,16)/t9-,13-/m1/s1. The summed E-state index contributed by atoms with van der Waals surface area (Å²) in [7, 11) is 0. The van der Waals surface area contributed by atoms with Crippen molar-refractivity contribution >= 4 is 12.1 Å². The molecule has 0 rings (SSSR count). The zero-order valence-electron chi connectivity index (χ0n) is 11.1. The second-order valence-electron chi connectivity index (χ2n) is 5.05. The van der Waals surface area contributed by atoms with Crippen LogP contribution in [0.2, 0.25) is 0 Å². The van der Waals surface area contributed by atoms with E-state index in [-0.39, 0.29) is 0 Å². The van der Waals surface area contributed by atoms with E-state index in [9.17, 15) is 9.59 Å². The van der Waals surface area contributed by atoms with Gasteiger partial charge in [0.2, 0.25) is 0 Å². The Bertz CT molecular complexity index is 389. The Hall–Kier alpha value is -1.96. The normalized spacial score (nSPS) is 15.7. The molecule has 5 nitrogen and oxygen atoms in total. The Morgan fingerprint density at radius 1 is 1.44 bits per heavy atom. The Balaban J connectivity index is 4.98. The van der Waals surface area contributed by atoms with Crippen molar-refractivity contribution in [2.24, 2.45) is 5.41 Å². The third-order valence-corrected chi connectivity index (χ3v) is 2.24. The van der Waals surface area contributed by atoms with E-state index in [0.29, 0.717) is 0 Å². The highest BCUT2D eigenvalue weighted by Crippen LogP contribution is 2.22. The first-order chi connectivity index (χ1) is 8.05.